The number of ether oxygens (including phenoxy) is 1. The highest BCUT2D eigenvalue weighted by Gasteiger charge is 2.05. The molecule has 6 nitrogen and oxygen atoms in total. The lowest BCUT2D eigenvalue weighted by Crippen LogP contribution is -2.32. The minimum atomic E-state index is 0. The molecule has 0 unspecified atom stereocenters. The molecule has 0 amide bonds. The van der Waals surface area contributed by atoms with Crippen LogP contribution >= 0.6 is 24.0 Å². The predicted molar refractivity (Wildman–Crippen MR) is 102 cm³/mol. The number of aromatic nitrogens is 1. The Kier molecular flexibility index (Phi) is 9.30. The van der Waals surface area contributed by atoms with E-state index in [9.17, 15) is 0 Å². The van der Waals surface area contributed by atoms with Gasteiger partial charge in [0.2, 0.25) is 0 Å². The van der Waals surface area contributed by atoms with Crippen molar-refractivity contribution in [2.24, 2.45) is 10.7 Å². The van der Waals surface area contributed by atoms with Crippen LogP contribution in [0.4, 0.5) is 0 Å². The Bertz CT molecular complexity index is 587. The summed E-state index contributed by atoms with van der Waals surface area (Å²) in [7, 11) is 0. The van der Waals surface area contributed by atoms with Gasteiger partial charge in [-0.1, -0.05) is 35.5 Å². The molecular formula is C16H23IN4O2. The molecule has 0 aliphatic rings. The van der Waals surface area contributed by atoms with E-state index in [0.29, 0.717) is 12.5 Å². The van der Waals surface area contributed by atoms with E-state index >= 15 is 0 Å². The molecule has 0 aliphatic carbocycles. The minimum absolute atomic E-state index is 0. The van der Waals surface area contributed by atoms with Crippen molar-refractivity contribution < 1.29 is 9.26 Å². The van der Waals surface area contributed by atoms with Gasteiger partial charge in [0.15, 0.2) is 11.7 Å². The van der Waals surface area contributed by atoms with Gasteiger partial charge < -0.3 is 20.3 Å². The van der Waals surface area contributed by atoms with E-state index in [2.05, 4.69) is 15.5 Å². The van der Waals surface area contributed by atoms with Crippen LogP contribution in [0.2, 0.25) is 0 Å². The Morgan fingerprint density at radius 1 is 1.35 bits per heavy atom. The van der Waals surface area contributed by atoms with Crippen molar-refractivity contribution in [1.82, 2.24) is 10.5 Å². The van der Waals surface area contributed by atoms with E-state index in [1.54, 1.807) is 0 Å². The number of rotatable bonds is 8. The summed E-state index contributed by atoms with van der Waals surface area (Å²) in [5.74, 6) is 1.13. The molecule has 0 aliphatic heterocycles. The quantitative estimate of drug-likeness (QED) is 0.291. The number of aliphatic imine (C=N–C) groups is 1. The third kappa shape index (κ3) is 7.00. The zero-order valence-corrected chi connectivity index (χ0v) is 15.5. The van der Waals surface area contributed by atoms with Crippen LogP contribution < -0.4 is 11.1 Å². The van der Waals surface area contributed by atoms with E-state index < -0.39 is 0 Å². The Labute approximate surface area is 153 Å². The van der Waals surface area contributed by atoms with Gasteiger partial charge >= 0.3 is 0 Å². The Hall–Kier alpha value is -1.61. The normalized spacial score (nSPS) is 11.1. The first-order valence-electron chi connectivity index (χ1n) is 7.42. The summed E-state index contributed by atoms with van der Waals surface area (Å²) in [6.07, 6.45) is 0.895. The molecule has 0 radical (unpaired) electrons. The number of nitrogens with two attached hydrogens (primary N) is 1. The second kappa shape index (κ2) is 11.0. The van der Waals surface area contributed by atoms with Gasteiger partial charge in [0.25, 0.3) is 0 Å². The van der Waals surface area contributed by atoms with E-state index in [0.717, 1.165) is 43.2 Å². The molecule has 0 saturated carbocycles. The van der Waals surface area contributed by atoms with Crippen LogP contribution in [0.3, 0.4) is 0 Å². The lowest BCUT2D eigenvalue weighted by Gasteiger charge is -2.04. The Morgan fingerprint density at radius 3 is 2.87 bits per heavy atom. The Morgan fingerprint density at radius 2 is 2.13 bits per heavy atom. The molecule has 0 atom stereocenters. The maximum atomic E-state index is 5.79. The first kappa shape index (κ1) is 19.4. The number of benzene rings is 1. The third-order valence-corrected chi connectivity index (χ3v) is 3.00. The van der Waals surface area contributed by atoms with Gasteiger partial charge in [0, 0.05) is 31.4 Å². The number of halogens is 1. The summed E-state index contributed by atoms with van der Waals surface area (Å²) in [4.78, 5) is 4.24. The van der Waals surface area contributed by atoms with Crippen LogP contribution in [0.1, 0.15) is 19.0 Å². The van der Waals surface area contributed by atoms with Crippen molar-refractivity contribution in [2.75, 3.05) is 19.8 Å². The second-order valence-corrected chi connectivity index (χ2v) is 4.73. The average molecular weight is 430 g/mol. The molecule has 0 spiro atoms. The molecular weight excluding hydrogens is 407 g/mol. The molecule has 0 bridgehead atoms. The highest BCUT2D eigenvalue weighted by Crippen LogP contribution is 2.19. The van der Waals surface area contributed by atoms with Gasteiger partial charge in [0.1, 0.15) is 5.69 Å². The number of guanidine groups is 1. The third-order valence-electron chi connectivity index (χ3n) is 3.00. The van der Waals surface area contributed by atoms with Crippen molar-refractivity contribution in [1.29, 1.82) is 0 Å². The van der Waals surface area contributed by atoms with Gasteiger partial charge in [-0.3, -0.25) is 0 Å². The molecule has 7 heteroatoms. The first-order chi connectivity index (χ1) is 10.8. The van der Waals surface area contributed by atoms with E-state index in [-0.39, 0.29) is 24.0 Å². The molecule has 1 aromatic carbocycles. The van der Waals surface area contributed by atoms with E-state index in [1.807, 2.05) is 43.3 Å². The number of nitrogens with zero attached hydrogens (tertiary/aromatic N) is 2. The van der Waals surface area contributed by atoms with Gasteiger partial charge in [-0.15, -0.1) is 24.0 Å². The maximum Gasteiger partial charge on any atom is 0.188 e. The van der Waals surface area contributed by atoms with E-state index in [1.165, 1.54) is 0 Å². The fourth-order valence-corrected chi connectivity index (χ4v) is 1.88. The van der Waals surface area contributed by atoms with Crippen LogP contribution in [0.25, 0.3) is 11.3 Å². The van der Waals surface area contributed by atoms with E-state index in [4.69, 9.17) is 15.0 Å². The predicted octanol–water partition coefficient (Wildman–Crippen LogP) is 2.79. The average Bonchev–Trinajstić information content (AvgIpc) is 3.02. The SMILES string of the molecule is CCOCCCNC(N)=NCc1cc(-c2ccccc2)on1.I. The number of nitrogens with one attached hydrogen (secondary N) is 1. The zero-order valence-electron chi connectivity index (χ0n) is 13.2. The fourth-order valence-electron chi connectivity index (χ4n) is 1.88. The molecule has 0 saturated heterocycles. The van der Waals surface area contributed by atoms with Crippen molar-refractivity contribution in [3.8, 4) is 11.3 Å². The first-order valence-corrected chi connectivity index (χ1v) is 7.42. The lowest BCUT2D eigenvalue weighted by atomic mass is 10.2. The largest absolute Gasteiger partial charge is 0.382 e. The van der Waals surface area contributed by atoms with Crippen LogP contribution in [-0.4, -0.2) is 30.9 Å². The van der Waals surface area contributed by atoms with Crippen LogP contribution in [-0.2, 0) is 11.3 Å². The molecule has 0 fully saturated rings. The fraction of sp³-hybridized carbons (Fsp3) is 0.375. The van der Waals surface area contributed by atoms with Gasteiger partial charge in [-0.2, -0.15) is 0 Å². The smallest absolute Gasteiger partial charge is 0.188 e. The zero-order chi connectivity index (χ0) is 15.6. The van der Waals surface area contributed by atoms with Crippen molar-refractivity contribution >= 4 is 29.9 Å². The van der Waals surface area contributed by atoms with Gasteiger partial charge in [0.05, 0.1) is 6.54 Å². The monoisotopic (exact) mass is 430 g/mol. The molecule has 2 rings (SSSR count). The highest BCUT2D eigenvalue weighted by atomic mass is 127. The molecule has 2 aromatic rings. The van der Waals surface area contributed by atoms with Crippen LogP contribution in [0.5, 0.6) is 0 Å². The molecule has 3 N–H and O–H groups in total. The van der Waals surface area contributed by atoms with Crippen molar-refractivity contribution in [2.45, 2.75) is 19.9 Å². The molecule has 126 valence electrons. The summed E-state index contributed by atoms with van der Waals surface area (Å²) in [6.45, 7) is 4.56. The van der Waals surface area contributed by atoms with Crippen LogP contribution in [0, 0.1) is 0 Å². The Balaban J connectivity index is 0.00000264. The summed E-state index contributed by atoms with van der Waals surface area (Å²) in [6, 6.07) is 11.7. The molecule has 1 heterocycles. The molecule has 1 aromatic heterocycles. The summed E-state index contributed by atoms with van der Waals surface area (Å²) < 4.78 is 10.6. The second-order valence-electron chi connectivity index (χ2n) is 4.73. The van der Waals surface area contributed by atoms with Gasteiger partial charge in [-0.25, -0.2) is 4.99 Å². The summed E-state index contributed by atoms with van der Waals surface area (Å²) in [5.41, 5.74) is 7.53. The van der Waals surface area contributed by atoms with Crippen molar-refractivity contribution in [3.05, 3.63) is 42.1 Å². The minimum Gasteiger partial charge on any atom is -0.382 e. The summed E-state index contributed by atoms with van der Waals surface area (Å²) in [5, 5.41) is 7.04. The highest BCUT2D eigenvalue weighted by molar-refractivity contribution is 14.0. The molecule has 23 heavy (non-hydrogen) atoms. The van der Waals surface area contributed by atoms with Gasteiger partial charge in [-0.05, 0) is 13.3 Å². The van der Waals surface area contributed by atoms with Crippen molar-refractivity contribution in [3.63, 3.8) is 0 Å². The number of hydrogen-bond donors (Lipinski definition) is 2. The lowest BCUT2D eigenvalue weighted by molar-refractivity contribution is 0.145. The standard InChI is InChI=1S/C16H22N4O2.HI/c1-2-21-10-6-9-18-16(17)19-12-14-11-15(22-20-14)13-7-4-3-5-8-13;/h3-5,7-8,11H,2,6,9-10,12H2,1H3,(H3,17,18,19);1H. The number of hydrogen-bond acceptors (Lipinski definition) is 4. The maximum absolute atomic E-state index is 5.79. The summed E-state index contributed by atoms with van der Waals surface area (Å²) >= 11 is 0. The van der Waals surface area contributed by atoms with Crippen LogP contribution in [0.15, 0.2) is 45.9 Å². The topological polar surface area (TPSA) is 85.7 Å².